The summed E-state index contributed by atoms with van der Waals surface area (Å²) in [6.07, 6.45) is -0.872. The van der Waals surface area contributed by atoms with Crippen molar-refractivity contribution in [3.05, 3.63) is 47.4 Å². The van der Waals surface area contributed by atoms with Crippen LogP contribution in [0.5, 0.6) is 0 Å². The number of hydrogen-bond donors (Lipinski definition) is 2. The minimum absolute atomic E-state index is 0.429. The lowest BCUT2D eigenvalue weighted by Crippen LogP contribution is -2.02. The van der Waals surface area contributed by atoms with Gasteiger partial charge in [-0.15, -0.1) is 0 Å². The van der Waals surface area contributed by atoms with Gasteiger partial charge in [0, 0.05) is 5.56 Å². The molecular formula is C10H8O4. The normalized spacial score (nSPS) is 21.1. The summed E-state index contributed by atoms with van der Waals surface area (Å²) in [7, 11) is 0. The van der Waals surface area contributed by atoms with Crippen molar-refractivity contribution in [3.63, 3.8) is 0 Å². The van der Waals surface area contributed by atoms with E-state index in [4.69, 9.17) is 9.84 Å². The van der Waals surface area contributed by atoms with Crippen LogP contribution in [-0.4, -0.2) is 16.2 Å². The summed E-state index contributed by atoms with van der Waals surface area (Å²) in [6.45, 7) is 0. The summed E-state index contributed by atoms with van der Waals surface area (Å²) in [4.78, 5) is 10.9. The Hall–Kier alpha value is -1.97. The average Bonchev–Trinajstić information content (AvgIpc) is 2.47. The molecule has 0 saturated carbocycles. The monoisotopic (exact) mass is 192 g/mol. The van der Waals surface area contributed by atoms with Gasteiger partial charge in [0.05, 0.1) is 0 Å². The number of esters is 1. The Balaban J connectivity index is 2.36. The molecule has 0 amide bonds. The molecule has 0 aliphatic carbocycles. The zero-order valence-electron chi connectivity index (χ0n) is 7.18. The van der Waals surface area contributed by atoms with E-state index in [-0.39, 0.29) is 0 Å². The molecule has 1 aromatic carbocycles. The van der Waals surface area contributed by atoms with Gasteiger partial charge in [0.25, 0.3) is 0 Å². The number of benzene rings is 1. The van der Waals surface area contributed by atoms with Crippen molar-refractivity contribution in [1.82, 2.24) is 0 Å². The number of hydrogen-bond acceptors (Lipinski definition) is 4. The van der Waals surface area contributed by atoms with E-state index >= 15 is 0 Å². The number of cyclic esters (lactones) is 1. The fraction of sp³-hybridized carbons (Fsp3) is 0.100. The Bertz CT molecular complexity index is 394. The second-order valence-corrected chi connectivity index (χ2v) is 2.93. The number of carbonyl (C=O) groups excluding carboxylic acids is 1. The standard InChI is InChI=1S/C10H8O4/c11-7-8(12)10(13)14-9(7)6-4-2-1-3-5-6/h1-5,9,11-12H. The number of ether oxygens (including phenoxy) is 1. The SMILES string of the molecule is O=C1OC(c2ccccc2)C(O)=C1O. The Morgan fingerprint density at radius 3 is 2.29 bits per heavy atom. The fourth-order valence-electron chi connectivity index (χ4n) is 1.30. The van der Waals surface area contributed by atoms with Crippen LogP contribution in [0.2, 0.25) is 0 Å². The number of rotatable bonds is 1. The average molecular weight is 192 g/mol. The molecular weight excluding hydrogens is 184 g/mol. The largest absolute Gasteiger partial charge is 0.505 e. The van der Waals surface area contributed by atoms with Crippen LogP contribution in [0, 0.1) is 0 Å². The minimum Gasteiger partial charge on any atom is -0.505 e. The van der Waals surface area contributed by atoms with E-state index < -0.39 is 23.6 Å². The van der Waals surface area contributed by atoms with Gasteiger partial charge in [-0.05, 0) is 0 Å². The zero-order valence-corrected chi connectivity index (χ0v) is 7.18. The molecule has 72 valence electrons. The van der Waals surface area contributed by atoms with Crippen molar-refractivity contribution >= 4 is 5.97 Å². The van der Waals surface area contributed by atoms with Crippen LogP contribution < -0.4 is 0 Å². The predicted molar refractivity (Wildman–Crippen MR) is 47.6 cm³/mol. The molecule has 2 rings (SSSR count). The van der Waals surface area contributed by atoms with Crippen molar-refractivity contribution in [2.24, 2.45) is 0 Å². The maximum Gasteiger partial charge on any atom is 0.378 e. The van der Waals surface area contributed by atoms with Gasteiger partial charge in [-0.2, -0.15) is 0 Å². The first-order chi connectivity index (χ1) is 6.70. The van der Waals surface area contributed by atoms with E-state index in [2.05, 4.69) is 0 Å². The van der Waals surface area contributed by atoms with Gasteiger partial charge >= 0.3 is 5.97 Å². The molecule has 0 fully saturated rings. The molecule has 0 bridgehead atoms. The maximum atomic E-state index is 10.9. The molecule has 0 spiro atoms. The lowest BCUT2D eigenvalue weighted by Gasteiger charge is -2.08. The smallest absolute Gasteiger partial charge is 0.378 e. The lowest BCUT2D eigenvalue weighted by atomic mass is 10.1. The van der Waals surface area contributed by atoms with Gasteiger partial charge in [-0.3, -0.25) is 0 Å². The summed E-state index contributed by atoms with van der Waals surface area (Å²) in [5.41, 5.74) is 0.627. The highest BCUT2D eigenvalue weighted by molar-refractivity contribution is 5.89. The van der Waals surface area contributed by atoms with Crippen LogP contribution in [0.3, 0.4) is 0 Å². The summed E-state index contributed by atoms with van der Waals surface area (Å²) >= 11 is 0. The molecule has 14 heavy (non-hydrogen) atoms. The summed E-state index contributed by atoms with van der Waals surface area (Å²) < 4.78 is 4.76. The molecule has 0 saturated heterocycles. The lowest BCUT2D eigenvalue weighted by molar-refractivity contribution is -0.142. The summed E-state index contributed by atoms with van der Waals surface area (Å²) in [5.74, 6) is -2.03. The van der Waals surface area contributed by atoms with Crippen LogP contribution in [0.1, 0.15) is 11.7 Å². The number of aliphatic hydroxyl groups is 2. The third-order valence-corrected chi connectivity index (χ3v) is 2.01. The molecule has 1 aromatic rings. The highest BCUT2D eigenvalue weighted by Gasteiger charge is 2.35. The molecule has 4 nitrogen and oxygen atoms in total. The maximum absolute atomic E-state index is 10.9. The Morgan fingerprint density at radius 1 is 1.14 bits per heavy atom. The molecule has 4 heteroatoms. The van der Waals surface area contributed by atoms with Crippen LogP contribution in [0.4, 0.5) is 0 Å². The van der Waals surface area contributed by atoms with Crippen molar-refractivity contribution in [1.29, 1.82) is 0 Å². The van der Waals surface area contributed by atoms with Gasteiger partial charge < -0.3 is 14.9 Å². The minimum atomic E-state index is -0.892. The molecule has 1 unspecified atom stereocenters. The fourth-order valence-corrected chi connectivity index (χ4v) is 1.30. The number of aliphatic hydroxyl groups excluding tert-OH is 2. The molecule has 1 aliphatic heterocycles. The van der Waals surface area contributed by atoms with E-state index in [0.717, 1.165) is 0 Å². The Kier molecular flexibility index (Phi) is 1.89. The van der Waals surface area contributed by atoms with Crippen molar-refractivity contribution in [2.45, 2.75) is 6.10 Å². The molecule has 1 aliphatic rings. The van der Waals surface area contributed by atoms with Gasteiger partial charge in [0.1, 0.15) is 0 Å². The molecule has 1 atom stereocenters. The molecule has 2 N–H and O–H groups in total. The molecule has 1 heterocycles. The van der Waals surface area contributed by atoms with E-state index in [9.17, 15) is 9.90 Å². The van der Waals surface area contributed by atoms with E-state index in [1.54, 1.807) is 30.3 Å². The highest BCUT2D eigenvalue weighted by atomic mass is 16.6. The Labute approximate surface area is 80.1 Å². The van der Waals surface area contributed by atoms with Gasteiger partial charge in [0.15, 0.2) is 11.9 Å². The quantitative estimate of drug-likeness (QED) is 0.663. The third kappa shape index (κ3) is 1.21. The van der Waals surface area contributed by atoms with Crippen molar-refractivity contribution < 1.29 is 19.7 Å². The van der Waals surface area contributed by atoms with Crippen molar-refractivity contribution in [3.8, 4) is 0 Å². The molecule has 0 aromatic heterocycles. The zero-order chi connectivity index (χ0) is 10.1. The highest BCUT2D eigenvalue weighted by Crippen LogP contribution is 2.31. The summed E-state index contributed by atoms with van der Waals surface area (Å²) in [5, 5.41) is 18.4. The predicted octanol–water partition coefficient (Wildman–Crippen LogP) is 1.61. The van der Waals surface area contributed by atoms with Crippen LogP contribution in [0.15, 0.2) is 41.9 Å². The second kappa shape index (κ2) is 3.06. The first-order valence-electron chi connectivity index (χ1n) is 4.08. The van der Waals surface area contributed by atoms with E-state index in [1.807, 2.05) is 0 Å². The second-order valence-electron chi connectivity index (χ2n) is 2.93. The number of carbonyl (C=O) groups is 1. The van der Waals surface area contributed by atoms with E-state index in [1.165, 1.54) is 0 Å². The Morgan fingerprint density at radius 2 is 1.79 bits per heavy atom. The summed E-state index contributed by atoms with van der Waals surface area (Å²) in [6, 6.07) is 8.72. The topological polar surface area (TPSA) is 66.8 Å². The van der Waals surface area contributed by atoms with Gasteiger partial charge in [-0.25, -0.2) is 4.79 Å². The van der Waals surface area contributed by atoms with Gasteiger partial charge in [0.2, 0.25) is 5.76 Å². The van der Waals surface area contributed by atoms with Crippen LogP contribution >= 0.6 is 0 Å². The van der Waals surface area contributed by atoms with Crippen LogP contribution in [0.25, 0.3) is 0 Å². The first-order valence-corrected chi connectivity index (χ1v) is 4.08. The van der Waals surface area contributed by atoms with Crippen LogP contribution in [-0.2, 0) is 9.53 Å². The van der Waals surface area contributed by atoms with Crippen molar-refractivity contribution in [2.75, 3.05) is 0 Å². The third-order valence-electron chi connectivity index (χ3n) is 2.01. The van der Waals surface area contributed by atoms with Gasteiger partial charge in [-0.1, -0.05) is 30.3 Å². The first kappa shape index (κ1) is 8.62. The van der Waals surface area contributed by atoms with E-state index in [0.29, 0.717) is 5.56 Å². The molecule has 0 radical (unpaired) electrons.